The maximum atomic E-state index is 12.1. The first-order valence-electron chi connectivity index (χ1n) is 7.00. The molecule has 1 aromatic heterocycles. The number of aromatic nitrogens is 2. The van der Waals surface area contributed by atoms with Gasteiger partial charge in [-0.15, -0.1) is 0 Å². The van der Waals surface area contributed by atoms with Gasteiger partial charge in [0.05, 0.1) is 17.1 Å². The number of nitrogens with zero attached hydrogens (tertiary/aromatic N) is 2. The van der Waals surface area contributed by atoms with Crippen molar-refractivity contribution >= 4 is 16.9 Å². The quantitative estimate of drug-likeness (QED) is 0.929. The lowest BCUT2D eigenvalue weighted by atomic mass is 10.2. The number of nitrogens with one attached hydrogen (secondary N) is 1. The van der Waals surface area contributed by atoms with Gasteiger partial charge in [0.25, 0.3) is 0 Å². The summed E-state index contributed by atoms with van der Waals surface area (Å²) in [6.07, 6.45) is 1.46. The molecular formula is C15H19N3O2. The van der Waals surface area contributed by atoms with E-state index in [1.807, 2.05) is 42.8 Å². The molecule has 0 bridgehead atoms. The summed E-state index contributed by atoms with van der Waals surface area (Å²) in [5.41, 5.74) is 2.02. The van der Waals surface area contributed by atoms with Gasteiger partial charge in [-0.3, -0.25) is 4.79 Å². The van der Waals surface area contributed by atoms with Crippen LogP contribution in [0.25, 0.3) is 11.0 Å². The zero-order chi connectivity index (χ0) is 14.1. The van der Waals surface area contributed by atoms with Gasteiger partial charge in [0.1, 0.15) is 11.9 Å². The van der Waals surface area contributed by atoms with Crippen LogP contribution in [0.5, 0.6) is 0 Å². The molecule has 1 fully saturated rings. The predicted octanol–water partition coefficient (Wildman–Crippen LogP) is 1.93. The molecule has 2 aromatic rings. The summed E-state index contributed by atoms with van der Waals surface area (Å²) >= 11 is 0. The van der Waals surface area contributed by atoms with Crippen molar-refractivity contribution < 1.29 is 9.53 Å². The van der Waals surface area contributed by atoms with Crippen molar-refractivity contribution in [3.63, 3.8) is 0 Å². The van der Waals surface area contributed by atoms with Crippen molar-refractivity contribution in [1.82, 2.24) is 14.9 Å². The smallest absolute Gasteiger partial charge is 0.249 e. The number of fused-ring (bicyclic) bond motifs is 1. The fourth-order valence-electron chi connectivity index (χ4n) is 2.71. The molecule has 3 rings (SSSR count). The van der Waals surface area contributed by atoms with E-state index in [0.29, 0.717) is 6.61 Å². The second-order valence-electron chi connectivity index (χ2n) is 5.25. The van der Waals surface area contributed by atoms with E-state index in [1.54, 1.807) is 0 Å². The number of rotatable bonds is 3. The van der Waals surface area contributed by atoms with E-state index in [0.717, 1.165) is 29.7 Å². The van der Waals surface area contributed by atoms with Gasteiger partial charge in [-0.25, -0.2) is 4.98 Å². The van der Waals surface area contributed by atoms with Crippen molar-refractivity contribution in [1.29, 1.82) is 0 Å². The summed E-state index contributed by atoms with van der Waals surface area (Å²) in [6, 6.07) is 7.83. The van der Waals surface area contributed by atoms with Gasteiger partial charge < -0.3 is 14.6 Å². The summed E-state index contributed by atoms with van der Waals surface area (Å²) in [5.74, 6) is 0.819. The summed E-state index contributed by atoms with van der Waals surface area (Å²) in [5, 5.41) is 2.99. The van der Waals surface area contributed by atoms with Crippen LogP contribution in [0.1, 0.15) is 31.6 Å². The first-order valence-corrected chi connectivity index (χ1v) is 7.00. The molecule has 1 aromatic carbocycles. The van der Waals surface area contributed by atoms with Gasteiger partial charge >= 0.3 is 0 Å². The number of benzene rings is 1. The molecule has 2 heterocycles. The molecule has 0 saturated carbocycles. The van der Waals surface area contributed by atoms with Gasteiger partial charge in [0.15, 0.2) is 0 Å². The number of carbonyl (C=O) groups is 1. The first-order chi connectivity index (χ1) is 9.66. The molecule has 0 aliphatic carbocycles. The number of hydrogen-bond acceptors (Lipinski definition) is 3. The Balaban J connectivity index is 1.79. The molecule has 5 nitrogen and oxygen atoms in total. The SMILES string of the molecule is CC(NC(=O)C1CCCO1)c1nc2ccccc2n1C. The highest BCUT2D eigenvalue weighted by Crippen LogP contribution is 2.20. The normalized spacial score (nSPS) is 20.2. The largest absolute Gasteiger partial charge is 0.368 e. The third-order valence-electron chi connectivity index (χ3n) is 3.79. The van der Waals surface area contributed by atoms with Crippen molar-refractivity contribution in [2.75, 3.05) is 6.61 Å². The van der Waals surface area contributed by atoms with Crippen LogP contribution in [0.3, 0.4) is 0 Å². The average molecular weight is 273 g/mol. The molecule has 1 aliphatic rings. The maximum absolute atomic E-state index is 12.1. The van der Waals surface area contributed by atoms with E-state index in [2.05, 4.69) is 10.3 Å². The highest BCUT2D eigenvalue weighted by atomic mass is 16.5. The van der Waals surface area contributed by atoms with Crippen LogP contribution >= 0.6 is 0 Å². The molecule has 0 spiro atoms. The minimum atomic E-state index is -0.299. The number of imidazole rings is 1. The van der Waals surface area contributed by atoms with Gasteiger partial charge in [0.2, 0.25) is 5.91 Å². The number of ether oxygens (including phenoxy) is 1. The van der Waals surface area contributed by atoms with Crippen LogP contribution < -0.4 is 5.32 Å². The number of carbonyl (C=O) groups excluding carboxylic acids is 1. The van der Waals surface area contributed by atoms with Crippen LogP contribution in [0, 0.1) is 0 Å². The Kier molecular flexibility index (Phi) is 3.44. The standard InChI is InChI=1S/C15H19N3O2/c1-10(16-15(19)13-8-5-9-20-13)14-17-11-6-3-4-7-12(11)18(14)2/h3-4,6-7,10,13H,5,8-9H2,1-2H3,(H,16,19). The second kappa shape index (κ2) is 5.25. The lowest BCUT2D eigenvalue weighted by Gasteiger charge is -2.16. The molecule has 0 radical (unpaired) electrons. The monoisotopic (exact) mass is 273 g/mol. The lowest BCUT2D eigenvalue weighted by molar-refractivity contribution is -0.130. The molecule has 106 valence electrons. The fourth-order valence-corrected chi connectivity index (χ4v) is 2.71. The van der Waals surface area contributed by atoms with Crippen LogP contribution in [0.2, 0.25) is 0 Å². The Labute approximate surface area is 117 Å². The van der Waals surface area contributed by atoms with E-state index in [1.165, 1.54) is 0 Å². The molecule has 5 heteroatoms. The molecule has 1 aliphatic heterocycles. The van der Waals surface area contributed by atoms with Gasteiger partial charge in [-0.1, -0.05) is 12.1 Å². The molecule has 20 heavy (non-hydrogen) atoms. The third kappa shape index (κ3) is 2.29. The summed E-state index contributed by atoms with van der Waals surface area (Å²) in [4.78, 5) is 16.7. The van der Waals surface area contributed by atoms with E-state index in [4.69, 9.17) is 4.74 Å². The minimum absolute atomic E-state index is 0.0398. The number of amides is 1. The zero-order valence-corrected chi connectivity index (χ0v) is 11.8. The number of aryl methyl sites for hydroxylation is 1. The van der Waals surface area contributed by atoms with Gasteiger partial charge in [-0.2, -0.15) is 0 Å². The fraction of sp³-hybridized carbons (Fsp3) is 0.467. The topological polar surface area (TPSA) is 56.1 Å². The summed E-state index contributed by atoms with van der Waals surface area (Å²) < 4.78 is 7.43. The molecule has 2 unspecified atom stereocenters. The molecule has 2 atom stereocenters. The number of para-hydroxylation sites is 2. The first kappa shape index (κ1) is 13.1. The highest BCUT2D eigenvalue weighted by molar-refractivity contribution is 5.81. The Hall–Kier alpha value is -1.88. The molecule has 1 saturated heterocycles. The minimum Gasteiger partial charge on any atom is -0.368 e. The van der Waals surface area contributed by atoms with Gasteiger partial charge in [0, 0.05) is 13.7 Å². The van der Waals surface area contributed by atoms with Crippen molar-refractivity contribution in [2.24, 2.45) is 7.05 Å². The molecule has 1 amide bonds. The van der Waals surface area contributed by atoms with E-state index in [-0.39, 0.29) is 18.1 Å². The number of hydrogen-bond donors (Lipinski definition) is 1. The molecule has 1 N–H and O–H groups in total. The summed E-state index contributed by atoms with van der Waals surface area (Å²) in [7, 11) is 1.97. The Morgan fingerprint density at radius 3 is 3.00 bits per heavy atom. The van der Waals surface area contributed by atoms with E-state index in [9.17, 15) is 4.79 Å². The zero-order valence-electron chi connectivity index (χ0n) is 11.8. The van der Waals surface area contributed by atoms with Crippen molar-refractivity contribution in [3.05, 3.63) is 30.1 Å². The second-order valence-corrected chi connectivity index (χ2v) is 5.25. The van der Waals surface area contributed by atoms with E-state index < -0.39 is 0 Å². The average Bonchev–Trinajstić information content (AvgIpc) is 3.07. The Bertz CT molecular complexity index is 629. The van der Waals surface area contributed by atoms with Gasteiger partial charge in [-0.05, 0) is 31.9 Å². The molecular weight excluding hydrogens is 254 g/mol. The predicted molar refractivity (Wildman–Crippen MR) is 76.2 cm³/mol. The third-order valence-corrected chi connectivity index (χ3v) is 3.79. The van der Waals surface area contributed by atoms with Crippen molar-refractivity contribution in [2.45, 2.75) is 31.9 Å². The van der Waals surface area contributed by atoms with Crippen LogP contribution in [0.15, 0.2) is 24.3 Å². The van der Waals surface area contributed by atoms with Crippen molar-refractivity contribution in [3.8, 4) is 0 Å². The van der Waals surface area contributed by atoms with Crippen LogP contribution in [-0.4, -0.2) is 28.2 Å². The Morgan fingerprint density at radius 2 is 2.30 bits per heavy atom. The maximum Gasteiger partial charge on any atom is 0.249 e. The lowest BCUT2D eigenvalue weighted by Crippen LogP contribution is -2.36. The van der Waals surface area contributed by atoms with Crippen LogP contribution in [0.4, 0.5) is 0 Å². The Morgan fingerprint density at radius 1 is 1.50 bits per heavy atom. The van der Waals surface area contributed by atoms with E-state index >= 15 is 0 Å². The van der Waals surface area contributed by atoms with Crippen LogP contribution in [-0.2, 0) is 16.6 Å². The highest BCUT2D eigenvalue weighted by Gasteiger charge is 2.26. The summed E-state index contributed by atoms with van der Waals surface area (Å²) in [6.45, 7) is 2.63.